The quantitative estimate of drug-likeness (QED) is 0.515. The molecule has 0 saturated carbocycles. The Labute approximate surface area is 95.9 Å². The summed E-state index contributed by atoms with van der Waals surface area (Å²) in [4.78, 5) is 0. The molecule has 0 bridgehead atoms. The summed E-state index contributed by atoms with van der Waals surface area (Å²) >= 11 is 0. The summed E-state index contributed by atoms with van der Waals surface area (Å²) in [6.45, 7) is 0.716. The van der Waals surface area contributed by atoms with Crippen LogP contribution in [-0.2, 0) is 16.3 Å². The zero-order chi connectivity index (χ0) is 14.4. The molecule has 12 heteroatoms. The fraction of sp³-hybridized carbons (Fsp3) is 0.500. The number of alkyl halides is 6. The molecule has 1 aromatic rings. The van der Waals surface area contributed by atoms with E-state index in [0.29, 0.717) is 6.92 Å². The summed E-state index contributed by atoms with van der Waals surface area (Å²) in [5.74, 6) is -1.31. The van der Waals surface area contributed by atoms with E-state index >= 15 is 0 Å². The Balaban J connectivity index is 3.13. The Morgan fingerprint density at radius 1 is 1.17 bits per heavy atom. The number of rotatable bonds is 2. The van der Waals surface area contributed by atoms with Crippen molar-refractivity contribution in [2.24, 2.45) is 0 Å². The molecule has 0 aliphatic heterocycles. The molecule has 0 aliphatic carbocycles. The first kappa shape index (κ1) is 14.6. The van der Waals surface area contributed by atoms with Gasteiger partial charge in [0.25, 0.3) is 5.88 Å². The second kappa shape index (κ2) is 4.03. The van der Waals surface area contributed by atoms with Crippen molar-refractivity contribution in [3.05, 3.63) is 11.3 Å². The molecule has 1 heterocycles. The number of aromatic nitrogens is 2. The van der Waals surface area contributed by atoms with Gasteiger partial charge in [-0.05, 0) is 6.92 Å². The first-order chi connectivity index (χ1) is 7.86. The van der Waals surface area contributed by atoms with Crippen LogP contribution < -0.4 is 4.18 Å². The van der Waals surface area contributed by atoms with Crippen molar-refractivity contribution >= 4 is 10.1 Å². The van der Waals surface area contributed by atoms with E-state index in [1.165, 1.54) is 5.10 Å². The van der Waals surface area contributed by atoms with Crippen LogP contribution in [0.3, 0.4) is 0 Å². The first-order valence-corrected chi connectivity index (χ1v) is 5.40. The van der Waals surface area contributed by atoms with E-state index in [1.54, 1.807) is 0 Å². The van der Waals surface area contributed by atoms with Gasteiger partial charge in [-0.15, -0.1) is 5.10 Å². The van der Waals surface area contributed by atoms with Crippen LogP contribution in [0.4, 0.5) is 26.3 Å². The molecule has 18 heavy (non-hydrogen) atoms. The van der Waals surface area contributed by atoms with Crippen LogP contribution in [0.1, 0.15) is 11.3 Å². The van der Waals surface area contributed by atoms with Gasteiger partial charge in [0.1, 0.15) is 5.69 Å². The average molecular weight is 298 g/mol. The Morgan fingerprint density at radius 3 is 2.00 bits per heavy atom. The number of hydrogen-bond donors (Lipinski definition) is 1. The minimum absolute atomic E-state index is 0.716. The van der Waals surface area contributed by atoms with Gasteiger partial charge in [-0.1, -0.05) is 0 Å². The molecule has 0 radical (unpaired) electrons. The molecule has 1 rings (SSSR count). The number of hydrogen-bond acceptors (Lipinski definition) is 4. The first-order valence-electron chi connectivity index (χ1n) is 3.99. The summed E-state index contributed by atoms with van der Waals surface area (Å²) in [7, 11) is -6.06. The van der Waals surface area contributed by atoms with Crippen molar-refractivity contribution in [2.45, 2.75) is 18.6 Å². The van der Waals surface area contributed by atoms with Crippen molar-refractivity contribution in [3.63, 3.8) is 0 Å². The third-order valence-corrected chi connectivity index (χ3v) is 2.66. The van der Waals surface area contributed by atoms with E-state index in [2.05, 4.69) is 9.28 Å². The molecular formula is C6H4F6N2O3S. The zero-order valence-electron chi connectivity index (χ0n) is 8.35. The topological polar surface area (TPSA) is 72.1 Å². The number of aromatic amines is 1. The highest BCUT2D eigenvalue weighted by Crippen LogP contribution is 2.35. The lowest BCUT2D eigenvalue weighted by Gasteiger charge is -2.08. The Morgan fingerprint density at radius 2 is 1.67 bits per heavy atom. The molecule has 104 valence electrons. The Hall–Kier alpha value is -1.46. The molecule has 1 aromatic heterocycles. The normalized spacial score (nSPS) is 13.7. The van der Waals surface area contributed by atoms with Crippen LogP contribution in [0.15, 0.2) is 0 Å². The van der Waals surface area contributed by atoms with Gasteiger partial charge in [0.2, 0.25) is 0 Å². The molecule has 1 N–H and O–H groups in total. The number of nitrogens with zero attached hydrogens (tertiary/aromatic N) is 1. The predicted molar refractivity (Wildman–Crippen MR) is 43.9 cm³/mol. The lowest BCUT2D eigenvalue weighted by atomic mass is 10.2. The average Bonchev–Trinajstić information content (AvgIpc) is 2.44. The minimum Gasteiger partial charge on any atom is -0.353 e. The van der Waals surface area contributed by atoms with Crippen molar-refractivity contribution in [1.29, 1.82) is 0 Å². The maximum absolute atomic E-state index is 12.2. The van der Waals surface area contributed by atoms with Crippen molar-refractivity contribution in [1.82, 2.24) is 10.2 Å². The van der Waals surface area contributed by atoms with E-state index in [9.17, 15) is 34.8 Å². The van der Waals surface area contributed by atoms with Crippen molar-refractivity contribution in [3.8, 4) is 5.88 Å². The van der Waals surface area contributed by atoms with Gasteiger partial charge in [-0.3, -0.25) is 5.10 Å². The molecule has 0 spiro atoms. The van der Waals surface area contributed by atoms with Gasteiger partial charge >= 0.3 is 21.8 Å². The minimum atomic E-state index is -6.06. The second-order valence-electron chi connectivity index (χ2n) is 3.01. The largest absolute Gasteiger partial charge is 0.534 e. The summed E-state index contributed by atoms with van der Waals surface area (Å²) in [6, 6.07) is 0. The van der Waals surface area contributed by atoms with Gasteiger partial charge in [0.15, 0.2) is 0 Å². The summed E-state index contributed by atoms with van der Waals surface area (Å²) in [6.07, 6.45) is -4.92. The standard InChI is InChI=1S/C6H4F6N2O3S/c1-2-3(5(7,8)9)13-14-4(2)17-18(15,16)6(10,11)12/h1H3,(H,13,14). The zero-order valence-corrected chi connectivity index (χ0v) is 9.16. The lowest BCUT2D eigenvalue weighted by molar-refractivity contribution is -0.141. The van der Waals surface area contributed by atoms with Crippen molar-refractivity contribution in [2.75, 3.05) is 0 Å². The third-order valence-electron chi connectivity index (χ3n) is 1.72. The van der Waals surface area contributed by atoms with Crippen LogP contribution in [0.25, 0.3) is 0 Å². The fourth-order valence-corrected chi connectivity index (χ4v) is 1.35. The molecule has 5 nitrogen and oxygen atoms in total. The SMILES string of the molecule is Cc1c(OS(=O)(=O)C(F)(F)F)n[nH]c1C(F)(F)F. The van der Waals surface area contributed by atoms with Crippen molar-refractivity contribution < 1.29 is 38.9 Å². The summed E-state index contributed by atoms with van der Waals surface area (Å²) in [5, 5.41) is 4.09. The molecule has 0 atom stereocenters. The van der Waals surface area contributed by atoms with Crippen LogP contribution in [-0.4, -0.2) is 24.1 Å². The van der Waals surface area contributed by atoms with Crippen LogP contribution in [0.5, 0.6) is 5.88 Å². The smallest absolute Gasteiger partial charge is 0.353 e. The lowest BCUT2D eigenvalue weighted by Crippen LogP contribution is -2.28. The highest BCUT2D eigenvalue weighted by molar-refractivity contribution is 7.87. The molecule has 0 unspecified atom stereocenters. The number of H-pyrrole nitrogens is 1. The highest BCUT2D eigenvalue weighted by atomic mass is 32.2. The van der Waals surface area contributed by atoms with Crippen LogP contribution >= 0.6 is 0 Å². The molecule has 0 aromatic carbocycles. The van der Waals surface area contributed by atoms with Gasteiger partial charge in [0, 0.05) is 5.56 Å². The fourth-order valence-electron chi connectivity index (χ4n) is 0.890. The number of halogens is 6. The Bertz CT molecular complexity index is 543. The third kappa shape index (κ3) is 2.68. The molecule has 0 saturated heterocycles. The van der Waals surface area contributed by atoms with Crippen LogP contribution in [0, 0.1) is 6.92 Å². The van der Waals surface area contributed by atoms with E-state index in [1.807, 2.05) is 0 Å². The van der Waals surface area contributed by atoms with Gasteiger partial charge in [0.05, 0.1) is 0 Å². The maximum atomic E-state index is 12.2. The monoisotopic (exact) mass is 298 g/mol. The molecular weight excluding hydrogens is 294 g/mol. The molecule has 0 amide bonds. The molecule has 0 aliphatic rings. The van der Waals surface area contributed by atoms with Gasteiger partial charge < -0.3 is 4.18 Å². The Kier molecular flexibility index (Phi) is 3.27. The molecule has 0 fully saturated rings. The van der Waals surface area contributed by atoms with E-state index in [4.69, 9.17) is 0 Å². The van der Waals surface area contributed by atoms with Gasteiger partial charge in [-0.25, -0.2) is 0 Å². The van der Waals surface area contributed by atoms with E-state index < -0.39 is 38.9 Å². The highest BCUT2D eigenvalue weighted by Gasteiger charge is 2.49. The van der Waals surface area contributed by atoms with Gasteiger partial charge in [-0.2, -0.15) is 34.8 Å². The summed E-state index contributed by atoms with van der Waals surface area (Å²) in [5.41, 5.74) is -8.14. The van der Waals surface area contributed by atoms with Crippen LogP contribution in [0.2, 0.25) is 0 Å². The predicted octanol–water partition coefficient (Wildman–Crippen LogP) is 1.97. The second-order valence-corrected chi connectivity index (χ2v) is 4.55. The maximum Gasteiger partial charge on any atom is 0.534 e. The summed E-state index contributed by atoms with van der Waals surface area (Å²) < 4.78 is 97.0. The number of nitrogens with one attached hydrogen (secondary N) is 1. The van der Waals surface area contributed by atoms with E-state index in [-0.39, 0.29) is 0 Å². The van der Waals surface area contributed by atoms with E-state index in [0.717, 1.165) is 0 Å².